The van der Waals surface area contributed by atoms with E-state index in [0.29, 0.717) is 18.5 Å². The van der Waals surface area contributed by atoms with Crippen molar-refractivity contribution in [3.05, 3.63) is 35.4 Å². The molecule has 0 spiro atoms. The highest BCUT2D eigenvalue weighted by molar-refractivity contribution is 5.19. The molecule has 0 amide bonds. The zero-order valence-electron chi connectivity index (χ0n) is 10.0. The van der Waals surface area contributed by atoms with Gasteiger partial charge in [0, 0.05) is 18.0 Å². The van der Waals surface area contributed by atoms with Crippen molar-refractivity contribution in [3.63, 3.8) is 0 Å². The first-order chi connectivity index (χ1) is 8.05. The topological polar surface area (TPSA) is 46.2 Å². The average Bonchev–Trinajstić information content (AvgIpc) is 2.27. The number of nitrogens with two attached hydrogens (primary N) is 1. The Kier molecular flexibility index (Phi) is 5.02. The molecular weight excluding hydrogens is 224 g/mol. The molecule has 1 aromatic carbocycles. The molecule has 1 rings (SSSR count). The molecule has 17 heavy (non-hydrogen) atoms. The van der Waals surface area contributed by atoms with Crippen LogP contribution in [0.1, 0.15) is 25.3 Å². The first-order valence-corrected chi connectivity index (χ1v) is 5.81. The van der Waals surface area contributed by atoms with Crippen LogP contribution in [0.2, 0.25) is 0 Å². The van der Waals surface area contributed by atoms with Crippen LogP contribution in [0.25, 0.3) is 0 Å². The van der Waals surface area contributed by atoms with Crippen molar-refractivity contribution in [2.24, 2.45) is 11.1 Å². The second kappa shape index (κ2) is 6.07. The Balaban J connectivity index is 2.92. The van der Waals surface area contributed by atoms with Crippen LogP contribution in [0.5, 0.6) is 0 Å². The van der Waals surface area contributed by atoms with E-state index >= 15 is 0 Å². The summed E-state index contributed by atoms with van der Waals surface area (Å²) >= 11 is 0. The molecule has 0 saturated carbocycles. The Hall–Kier alpha value is -1.00. The van der Waals surface area contributed by atoms with E-state index in [1.807, 2.05) is 6.92 Å². The van der Waals surface area contributed by atoms with Crippen molar-refractivity contribution in [2.75, 3.05) is 13.2 Å². The van der Waals surface area contributed by atoms with Gasteiger partial charge < -0.3 is 10.8 Å². The van der Waals surface area contributed by atoms with E-state index < -0.39 is 17.0 Å². The number of aliphatic hydroxyl groups excluding tert-OH is 1. The fourth-order valence-corrected chi connectivity index (χ4v) is 2.14. The molecule has 0 heterocycles. The van der Waals surface area contributed by atoms with Gasteiger partial charge in [0.25, 0.3) is 0 Å². The molecule has 0 aromatic heterocycles. The van der Waals surface area contributed by atoms with Gasteiger partial charge in [-0.25, -0.2) is 8.78 Å². The molecule has 0 fully saturated rings. The normalized spacial score (nSPS) is 14.6. The third kappa shape index (κ3) is 3.75. The van der Waals surface area contributed by atoms with Gasteiger partial charge in [-0.1, -0.05) is 13.3 Å². The molecule has 0 saturated heterocycles. The van der Waals surface area contributed by atoms with Gasteiger partial charge in [-0.3, -0.25) is 0 Å². The van der Waals surface area contributed by atoms with Crippen LogP contribution < -0.4 is 5.73 Å². The van der Waals surface area contributed by atoms with Crippen LogP contribution in [-0.4, -0.2) is 18.3 Å². The number of halogens is 2. The highest BCUT2D eigenvalue weighted by Gasteiger charge is 2.27. The SMILES string of the molecule is CCCC(CN)(CO)Cc1cc(F)cc(F)c1. The molecule has 0 aliphatic carbocycles. The van der Waals surface area contributed by atoms with E-state index in [-0.39, 0.29) is 6.61 Å². The summed E-state index contributed by atoms with van der Waals surface area (Å²) in [5, 5.41) is 9.44. The van der Waals surface area contributed by atoms with E-state index in [4.69, 9.17) is 5.73 Å². The summed E-state index contributed by atoms with van der Waals surface area (Å²) in [4.78, 5) is 0. The second-order valence-electron chi connectivity index (χ2n) is 4.57. The highest BCUT2D eigenvalue weighted by atomic mass is 19.1. The van der Waals surface area contributed by atoms with Crippen LogP contribution in [0, 0.1) is 17.0 Å². The molecule has 0 radical (unpaired) electrons. The largest absolute Gasteiger partial charge is 0.396 e. The Morgan fingerprint density at radius 2 is 1.82 bits per heavy atom. The standard InChI is InChI=1S/C13H19F2NO/c1-2-3-13(8-16,9-17)7-10-4-11(14)6-12(15)5-10/h4-6,17H,2-3,7-9,16H2,1H3. The zero-order valence-corrected chi connectivity index (χ0v) is 10.0. The van der Waals surface area contributed by atoms with Crippen LogP contribution in [0.4, 0.5) is 8.78 Å². The van der Waals surface area contributed by atoms with Crippen molar-refractivity contribution in [1.82, 2.24) is 0 Å². The summed E-state index contributed by atoms with van der Waals surface area (Å²) in [6.07, 6.45) is 2.00. The summed E-state index contributed by atoms with van der Waals surface area (Å²) in [6.45, 7) is 2.22. The lowest BCUT2D eigenvalue weighted by Gasteiger charge is -2.30. The smallest absolute Gasteiger partial charge is 0.126 e. The van der Waals surface area contributed by atoms with Gasteiger partial charge in [-0.05, 0) is 30.5 Å². The Morgan fingerprint density at radius 1 is 1.24 bits per heavy atom. The lowest BCUT2D eigenvalue weighted by Crippen LogP contribution is -2.36. The van der Waals surface area contributed by atoms with Gasteiger partial charge in [0.1, 0.15) is 11.6 Å². The quantitative estimate of drug-likeness (QED) is 0.805. The molecule has 2 nitrogen and oxygen atoms in total. The average molecular weight is 243 g/mol. The number of aliphatic hydroxyl groups is 1. The number of hydrogen-bond acceptors (Lipinski definition) is 2. The highest BCUT2D eigenvalue weighted by Crippen LogP contribution is 2.27. The molecule has 1 unspecified atom stereocenters. The maximum absolute atomic E-state index is 13.1. The van der Waals surface area contributed by atoms with E-state index in [1.54, 1.807) is 0 Å². The Morgan fingerprint density at radius 3 is 2.24 bits per heavy atom. The number of rotatable bonds is 6. The second-order valence-corrected chi connectivity index (χ2v) is 4.57. The van der Waals surface area contributed by atoms with Crippen LogP contribution in [0.15, 0.2) is 18.2 Å². The lowest BCUT2D eigenvalue weighted by molar-refractivity contribution is 0.121. The number of hydrogen-bond donors (Lipinski definition) is 2. The minimum Gasteiger partial charge on any atom is -0.396 e. The molecule has 96 valence electrons. The summed E-state index contributed by atoms with van der Waals surface area (Å²) in [6, 6.07) is 3.42. The molecule has 0 aliphatic rings. The lowest BCUT2D eigenvalue weighted by atomic mass is 9.78. The van der Waals surface area contributed by atoms with E-state index in [0.717, 1.165) is 18.9 Å². The predicted octanol–water partition coefficient (Wildman–Crippen LogP) is 2.24. The zero-order chi connectivity index (χ0) is 12.9. The maximum Gasteiger partial charge on any atom is 0.126 e. The van der Waals surface area contributed by atoms with Gasteiger partial charge in [0.05, 0.1) is 6.61 Å². The molecule has 0 bridgehead atoms. The maximum atomic E-state index is 13.1. The molecule has 1 aromatic rings. The van der Waals surface area contributed by atoms with E-state index in [1.165, 1.54) is 12.1 Å². The fraction of sp³-hybridized carbons (Fsp3) is 0.538. The van der Waals surface area contributed by atoms with Crippen LogP contribution >= 0.6 is 0 Å². The van der Waals surface area contributed by atoms with E-state index in [2.05, 4.69) is 0 Å². The van der Waals surface area contributed by atoms with Crippen LogP contribution in [-0.2, 0) is 6.42 Å². The summed E-state index contributed by atoms with van der Waals surface area (Å²) in [5.41, 5.74) is 5.74. The van der Waals surface area contributed by atoms with Gasteiger partial charge in [-0.15, -0.1) is 0 Å². The molecule has 4 heteroatoms. The summed E-state index contributed by atoms with van der Waals surface area (Å²) in [7, 11) is 0. The molecule has 0 aliphatic heterocycles. The minimum atomic E-state index is -0.597. The van der Waals surface area contributed by atoms with Crippen molar-refractivity contribution in [3.8, 4) is 0 Å². The minimum absolute atomic E-state index is 0.0739. The van der Waals surface area contributed by atoms with Crippen molar-refractivity contribution >= 4 is 0 Å². The van der Waals surface area contributed by atoms with Gasteiger partial charge in [0.15, 0.2) is 0 Å². The summed E-state index contributed by atoms with van der Waals surface area (Å²) < 4.78 is 26.1. The van der Waals surface area contributed by atoms with Crippen LogP contribution in [0.3, 0.4) is 0 Å². The van der Waals surface area contributed by atoms with Crippen molar-refractivity contribution in [1.29, 1.82) is 0 Å². The first kappa shape index (κ1) is 14.1. The Bertz CT molecular complexity index is 344. The Labute approximate surface area is 100 Å². The van der Waals surface area contributed by atoms with Gasteiger partial charge in [-0.2, -0.15) is 0 Å². The molecular formula is C13H19F2NO. The van der Waals surface area contributed by atoms with Crippen molar-refractivity contribution < 1.29 is 13.9 Å². The van der Waals surface area contributed by atoms with Gasteiger partial charge >= 0.3 is 0 Å². The third-order valence-corrected chi connectivity index (χ3v) is 3.05. The van der Waals surface area contributed by atoms with E-state index in [9.17, 15) is 13.9 Å². The number of benzene rings is 1. The summed E-state index contributed by atoms with van der Waals surface area (Å²) in [5.74, 6) is -1.19. The monoisotopic (exact) mass is 243 g/mol. The third-order valence-electron chi connectivity index (χ3n) is 3.05. The van der Waals surface area contributed by atoms with Crippen molar-refractivity contribution in [2.45, 2.75) is 26.2 Å². The first-order valence-electron chi connectivity index (χ1n) is 5.81. The van der Waals surface area contributed by atoms with Gasteiger partial charge in [0.2, 0.25) is 0 Å². The molecule has 1 atom stereocenters. The molecule has 3 N–H and O–H groups in total. The predicted molar refractivity (Wildman–Crippen MR) is 63.5 cm³/mol. The fourth-order valence-electron chi connectivity index (χ4n) is 2.14.